The molecule has 0 aliphatic heterocycles. The Labute approximate surface area is 222 Å². The van der Waals surface area contributed by atoms with Gasteiger partial charge in [-0.25, -0.2) is 4.98 Å². The second-order valence-electron chi connectivity index (χ2n) is 8.69. The van der Waals surface area contributed by atoms with Crippen LogP contribution in [0.5, 0.6) is 11.5 Å². The SMILES string of the molecule is O=Cc1cccc(CC(=O)O[C@@H](Cc2c(Cl)c[nH+]cc2Cl)c2ccc(OC(F)F)c(OCC3CC3)c2)c1. The number of benzene rings is 2. The number of carbonyl (C=O) groups excluding carboxylic acids is 2. The minimum absolute atomic E-state index is 0.0835. The van der Waals surface area contributed by atoms with Gasteiger partial charge in [-0.05, 0) is 48.1 Å². The number of hydrogen-bond donors (Lipinski definition) is 0. The maximum absolute atomic E-state index is 13.0. The van der Waals surface area contributed by atoms with E-state index < -0.39 is 18.7 Å². The number of nitrogens with one attached hydrogen (secondary N) is 1. The summed E-state index contributed by atoms with van der Waals surface area (Å²) in [6, 6.07) is 11.0. The first-order valence-electron chi connectivity index (χ1n) is 11.6. The predicted octanol–water partition coefficient (Wildman–Crippen LogP) is 6.08. The van der Waals surface area contributed by atoms with Gasteiger partial charge in [-0.2, -0.15) is 8.78 Å². The molecule has 1 heterocycles. The Balaban J connectivity index is 1.63. The van der Waals surface area contributed by atoms with E-state index in [0.29, 0.717) is 51.1 Å². The first kappa shape index (κ1) is 26.8. The second kappa shape index (κ2) is 12.3. The zero-order valence-corrected chi connectivity index (χ0v) is 21.1. The van der Waals surface area contributed by atoms with Gasteiger partial charge in [0, 0.05) is 17.5 Å². The lowest BCUT2D eigenvalue weighted by atomic mass is 10.0. The van der Waals surface area contributed by atoms with Crippen LogP contribution in [0.1, 0.15) is 46.0 Å². The standard InChI is InChI=1S/C27H23Cl2F2NO5/c28-21-12-32-13-22(29)20(21)11-24(36-26(34)9-17-2-1-3-18(8-17)14-33)19-6-7-23(37-27(30)31)25(10-19)35-15-16-4-5-16/h1-3,6-8,10,12-14,16,24,27H,4-5,9,11,15H2/p+1/t24-/m0/s1. The zero-order valence-electron chi connectivity index (χ0n) is 19.6. The number of ether oxygens (including phenoxy) is 3. The van der Waals surface area contributed by atoms with Crippen molar-refractivity contribution in [2.24, 2.45) is 5.92 Å². The summed E-state index contributed by atoms with van der Waals surface area (Å²) in [5.41, 5.74) is 2.07. The van der Waals surface area contributed by atoms with Crippen LogP contribution in [0.4, 0.5) is 8.78 Å². The van der Waals surface area contributed by atoms with Crippen molar-refractivity contribution in [1.29, 1.82) is 0 Å². The lowest BCUT2D eigenvalue weighted by molar-refractivity contribution is -0.377. The van der Waals surface area contributed by atoms with Gasteiger partial charge in [-0.3, -0.25) is 9.59 Å². The van der Waals surface area contributed by atoms with Gasteiger partial charge in [0.25, 0.3) is 0 Å². The highest BCUT2D eigenvalue weighted by Crippen LogP contribution is 2.37. The quantitative estimate of drug-likeness (QED) is 0.202. The maximum Gasteiger partial charge on any atom is 0.387 e. The van der Waals surface area contributed by atoms with Crippen molar-refractivity contribution in [2.75, 3.05) is 6.61 Å². The van der Waals surface area contributed by atoms with E-state index >= 15 is 0 Å². The summed E-state index contributed by atoms with van der Waals surface area (Å²) in [7, 11) is 0. The highest BCUT2D eigenvalue weighted by atomic mass is 35.5. The first-order valence-corrected chi connectivity index (χ1v) is 12.4. The number of aromatic amines is 1. The number of hydrogen-bond acceptors (Lipinski definition) is 5. The number of esters is 1. The molecule has 1 aliphatic carbocycles. The molecule has 0 amide bonds. The number of halogens is 4. The van der Waals surface area contributed by atoms with Crippen LogP contribution < -0.4 is 14.5 Å². The fourth-order valence-corrected chi connectivity index (χ4v) is 4.28. The van der Waals surface area contributed by atoms with Gasteiger partial charge in [0.05, 0.1) is 13.0 Å². The van der Waals surface area contributed by atoms with E-state index in [1.807, 2.05) is 0 Å². The Kier molecular flexibility index (Phi) is 8.95. The van der Waals surface area contributed by atoms with Gasteiger partial charge in [0.15, 0.2) is 23.9 Å². The molecule has 0 spiro atoms. The number of pyridine rings is 1. The molecule has 1 fully saturated rings. The Bertz CT molecular complexity index is 1250. The van der Waals surface area contributed by atoms with Gasteiger partial charge >= 0.3 is 12.6 Å². The van der Waals surface area contributed by atoms with Crippen LogP contribution in [0.15, 0.2) is 54.9 Å². The van der Waals surface area contributed by atoms with E-state index in [2.05, 4.69) is 9.72 Å². The Morgan fingerprint density at radius 2 is 1.84 bits per heavy atom. The van der Waals surface area contributed by atoms with Crippen molar-refractivity contribution in [3.8, 4) is 11.5 Å². The first-order chi connectivity index (χ1) is 17.8. The molecule has 1 saturated carbocycles. The molecule has 37 heavy (non-hydrogen) atoms. The fraction of sp³-hybridized carbons (Fsp3) is 0.296. The molecule has 0 radical (unpaired) electrons. The van der Waals surface area contributed by atoms with E-state index in [0.717, 1.165) is 12.8 Å². The number of aromatic nitrogens is 1. The molecule has 0 unspecified atom stereocenters. The number of carbonyl (C=O) groups is 2. The normalized spacial score (nSPS) is 13.8. The molecule has 1 atom stereocenters. The van der Waals surface area contributed by atoms with Crippen molar-refractivity contribution in [2.45, 2.75) is 38.4 Å². The van der Waals surface area contributed by atoms with E-state index in [1.54, 1.807) is 36.7 Å². The number of alkyl halides is 2. The van der Waals surface area contributed by atoms with Gasteiger partial charge in [-0.15, -0.1) is 0 Å². The van der Waals surface area contributed by atoms with Crippen LogP contribution in [0.2, 0.25) is 10.0 Å². The molecule has 3 aromatic rings. The third-order valence-corrected chi connectivity index (χ3v) is 6.50. The molecule has 2 aromatic carbocycles. The fourth-order valence-electron chi connectivity index (χ4n) is 3.75. The summed E-state index contributed by atoms with van der Waals surface area (Å²) in [6.07, 6.45) is 4.98. The summed E-state index contributed by atoms with van der Waals surface area (Å²) in [6.45, 7) is -2.66. The molecule has 1 aromatic heterocycles. The van der Waals surface area contributed by atoms with Crippen LogP contribution in [-0.2, 0) is 22.4 Å². The number of H-pyrrole nitrogens is 1. The van der Waals surface area contributed by atoms with Gasteiger partial charge < -0.3 is 14.2 Å². The number of rotatable bonds is 12. The van der Waals surface area contributed by atoms with Crippen molar-refractivity contribution in [3.05, 3.63) is 87.2 Å². The largest absolute Gasteiger partial charge is 0.489 e. The summed E-state index contributed by atoms with van der Waals surface area (Å²) in [5.74, 6) is -0.170. The average Bonchev–Trinajstić information content (AvgIpc) is 3.69. The van der Waals surface area contributed by atoms with Gasteiger partial charge in [0.1, 0.15) is 22.4 Å². The highest BCUT2D eigenvalue weighted by molar-refractivity contribution is 6.35. The summed E-state index contributed by atoms with van der Waals surface area (Å²) >= 11 is 12.7. The zero-order chi connectivity index (χ0) is 26.4. The topological polar surface area (TPSA) is 76.0 Å². The molecule has 6 nitrogen and oxygen atoms in total. The second-order valence-corrected chi connectivity index (χ2v) is 9.51. The molecule has 4 rings (SSSR count). The Hall–Kier alpha value is -3.23. The average molecular weight is 551 g/mol. The number of aldehydes is 1. The molecular weight excluding hydrogens is 527 g/mol. The van der Waals surface area contributed by atoms with Crippen LogP contribution >= 0.6 is 23.2 Å². The molecule has 0 bridgehead atoms. The van der Waals surface area contributed by atoms with Crippen molar-refractivity contribution >= 4 is 35.5 Å². The molecule has 1 N–H and O–H groups in total. The van der Waals surface area contributed by atoms with Gasteiger partial charge in [-0.1, -0.05) is 47.5 Å². The highest BCUT2D eigenvalue weighted by Gasteiger charge is 2.26. The van der Waals surface area contributed by atoms with Crippen molar-refractivity contribution in [3.63, 3.8) is 0 Å². The van der Waals surface area contributed by atoms with E-state index in [1.165, 1.54) is 18.2 Å². The summed E-state index contributed by atoms with van der Waals surface area (Å²) < 4.78 is 42.2. The minimum Gasteiger partial charge on any atom is -0.489 e. The smallest absolute Gasteiger partial charge is 0.387 e. The van der Waals surface area contributed by atoms with Crippen LogP contribution in [0, 0.1) is 5.92 Å². The lowest BCUT2D eigenvalue weighted by Crippen LogP contribution is -2.17. The predicted molar refractivity (Wildman–Crippen MR) is 132 cm³/mol. The van der Waals surface area contributed by atoms with Crippen LogP contribution in [-0.4, -0.2) is 25.5 Å². The molecule has 194 valence electrons. The van der Waals surface area contributed by atoms with Gasteiger partial charge in [0.2, 0.25) is 0 Å². The lowest BCUT2D eigenvalue weighted by Gasteiger charge is -2.21. The molecule has 10 heteroatoms. The van der Waals surface area contributed by atoms with Crippen LogP contribution in [0.25, 0.3) is 0 Å². The summed E-state index contributed by atoms with van der Waals surface area (Å²) in [5, 5.41) is 0.685. The van der Waals surface area contributed by atoms with Crippen LogP contribution in [0.3, 0.4) is 0 Å². The third-order valence-electron chi connectivity index (χ3n) is 5.82. The molecule has 0 saturated heterocycles. The minimum atomic E-state index is -3.02. The van der Waals surface area contributed by atoms with E-state index in [9.17, 15) is 18.4 Å². The molecular formula is C27H24Cl2F2NO5+. The maximum atomic E-state index is 13.0. The Morgan fingerprint density at radius 3 is 2.51 bits per heavy atom. The van der Waals surface area contributed by atoms with Crippen molar-refractivity contribution in [1.82, 2.24) is 0 Å². The Morgan fingerprint density at radius 1 is 1.08 bits per heavy atom. The summed E-state index contributed by atoms with van der Waals surface area (Å²) in [4.78, 5) is 26.9. The van der Waals surface area contributed by atoms with E-state index in [-0.39, 0.29) is 24.3 Å². The third kappa shape index (κ3) is 7.63. The van der Waals surface area contributed by atoms with Crippen molar-refractivity contribution < 1.29 is 37.6 Å². The molecule has 1 aliphatic rings. The monoisotopic (exact) mass is 550 g/mol. The van der Waals surface area contributed by atoms with E-state index in [4.69, 9.17) is 32.7 Å².